The number of pyridine rings is 1. The third-order valence-electron chi connectivity index (χ3n) is 5.67. The number of nitrogens with zero attached hydrogens (tertiary/aromatic N) is 3. The van der Waals surface area contributed by atoms with Crippen LogP contribution in [0.3, 0.4) is 0 Å². The Bertz CT molecular complexity index is 891. The smallest absolute Gasteiger partial charge is 0.191 e. The van der Waals surface area contributed by atoms with Gasteiger partial charge in [-0.2, -0.15) is 0 Å². The standard InChI is InChI=1S/C23H29N5/c1-2-24-22(25-15-12-20-17-28-16-7-6-11-21(28)27-20)26-18-23(13-8-14-23)19-9-4-3-5-10-19/h3-7,9-11,16-17H,2,8,12-15,18H2,1H3,(H2,24,25,26). The van der Waals surface area contributed by atoms with E-state index in [4.69, 9.17) is 4.99 Å². The Labute approximate surface area is 166 Å². The Morgan fingerprint density at radius 2 is 1.93 bits per heavy atom. The predicted octanol–water partition coefficient (Wildman–Crippen LogP) is 3.55. The Morgan fingerprint density at radius 3 is 2.64 bits per heavy atom. The van der Waals surface area contributed by atoms with E-state index in [9.17, 15) is 0 Å². The molecule has 0 radical (unpaired) electrons. The lowest BCUT2D eigenvalue weighted by atomic mass is 9.64. The van der Waals surface area contributed by atoms with E-state index in [0.717, 1.165) is 43.4 Å². The first kappa shape index (κ1) is 18.5. The molecule has 1 aliphatic carbocycles. The summed E-state index contributed by atoms with van der Waals surface area (Å²) in [6.45, 7) is 4.61. The van der Waals surface area contributed by atoms with Crippen molar-refractivity contribution >= 4 is 11.6 Å². The monoisotopic (exact) mass is 375 g/mol. The van der Waals surface area contributed by atoms with Gasteiger partial charge in [-0.25, -0.2) is 4.98 Å². The minimum absolute atomic E-state index is 0.214. The van der Waals surface area contributed by atoms with E-state index in [1.807, 2.05) is 24.4 Å². The highest BCUT2D eigenvalue weighted by Crippen LogP contribution is 2.43. The van der Waals surface area contributed by atoms with Crippen LogP contribution in [0.4, 0.5) is 0 Å². The van der Waals surface area contributed by atoms with Crippen molar-refractivity contribution in [3.63, 3.8) is 0 Å². The lowest BCUT2D eigenvalue weighted by molar-refractivity contribution is 0.253. The van der Waals surface area contributed by atoms with Crippen molar-refractivity contribution in [2.45, 2.75) is 38.0 Å². The van der Waals surface area contributed by atoms with E-state index in [2.05, 4.69) is 63.5 Å². The van der Waals surface area contributed by atoms with Crippen LogP contribution in [0.5, 0.6) is 0 Å². The number of guanidine groups is 1. The first-order valence-electron chi connectivity index (χ1n) is 10.3. The number of nitrogens with one attached hydrogen (secondary N) is 2. The van der Waals surface area contributed by atoms with E-state index in [1.165, 1.54) is 24.8 Å². The summed E-state index contributed by atoms with van der Waals surface area (Å²) in [4.78, 5) is 9.59. The van der Waals surface area contributed by atoms with Crippen LogP contribution in [-0.4, -0.2) is 35.0 Å². The number of aromatic nitrogens is 2. The van der Waals surface area contributed by atoms with Gasteiger partial charge in [0.1, 0.15) is 5.65 Å². The van der Waals surface area contributed by atoms with E-state index >= 15 is 0 Å². The summed E-state index contributed by atoms with van der Waals surface area (Å²) in [6.07, 6.45) is 8.74. The highest BCUT2D eigenvalue weighted by molar-refractivity contribution is 5.79. The molecule has 2 N–H and O–H groups in total. The van der Waals surface area contributed by atoms with Crippen LogP contribution < -0.4 is 10.6 Å². The molecule has 2 heterocycles. The summed E-state index contributed by atoms with van der Waals surface area (Å²) in [5.41, 5.74) is 3.72. The van der Waals surface area contributed by atoms with Crippen LogP contribution in [0.2, 0.25) is 0 Å². The highest BCUT2D eigenvalue weighted by Gasteiger charge is 2.38. The molecule has 0 aliphatic heterocycles. The van der Waals surface area contributed by atoms with Crippen molar-refractivity contribution in [3.05, 3.63) is 72.2 Å². The zero-order chi connectivity index (χ0) is 19.2. The normalized spacial score (nSPS) is 16.0. The van der Waals surface area contributed by atoms with Gasteiger partial charge in [0.15, 0.2) is 5.96 Å². The first-order valence-corrected chi connectivity index (χ1v) is 10.3. The molecule has 1 aromatic carbocycles. The van der Waals surface area contributed by atoms with Gasteiger partial charge in [0.05, 0.1) is 12.2 Å². The van der Waals surface area contributed by atoms with Crippen LogP contribution in [-0.2, 0) is 11.8 Å². The molecule has 4 rings (SSSR count). The second kappa shape index (κ2) is 8.46. The topological polar surface area (TPSA) is 53.7 Å². The van der Waals surface area contributed by atoms with Crippen LogP contribution >= 0.6 is 0 Å². The van der Waals surface area contributed by atoms with Crippen molar-refractivity contribution in [1.29, 1.82) is 0 Å². The molecule has 0 saturated heterocycles. The molecule has 28 heavy (non-hydrogen) atoms. The minimum Gasteiger partial charge on any atom is -0.357 e. The highest BCUT2D eigenvalue weighted by atomic mass is 15.2. The molecule has 0 bridgehead atoms. The van der Waals surface area contributed by atoms with Crippen LogP contribution in [0, 0.1) is 0 Å². The van der Waals surface area contributed by atoms with E-state index in [0.29, 0.717) is 0 Å². The quantitative estimate of drug-likeness (QED) is 0.490. The van der Waals surface area contributed by atoms with E-state index < -0.39 is 0 Å². The summed E-state index contributed by atoms with van der Waals surface area (Å²) in [7, 11) is 0. The summed E-state index contributed by atoms with van der Waals surface area (Å²) < 4.78 is 2.06. The van der Waals surface area contributed by atoms with Gasteiger partial charge in [-0.15, -0.1) is 0 Å². The molecule has 0 spiro atoms. The predicted molar refractivity (Wildman–Crippen MR) is 115 cm³/mol. The lowest BCUT2D eigenvalue weighted by Gasteiger charge is -2.41. The molecule has 0 atom stereocenters. The zero-order valence-corrected chi connectivity index (χ0v) is 16.6. The molecular weight excluding hydrogens is 346 g/mol. The molecule has 5 heteroatoms. The second-order valence-corrected chi connectivity index (χ2v) is 7.57. The average Bonchev–Trinajstić information content (AvgIpc) is 3.11. The molecule has 1 saturated carbocycles. The second-order valence-electron chi connectivity index (χ2n) is 7.57. The van der Waals surface area contributed by atoms with Crippen LogP contribution in [0.25, 0.3) is 5.65 Å². The summed E-state index contributed by atoms with van der Waals surface area (Å²) in [6, 6.07) is 16.9. The molecular formula is C23H29N5. The van der Waals surface area contributed by atoms with Crippen LogP contribution in [0.15, 0.2) is 65.9 Å². The van der Waals surface area contributed by atoms with Crippen molar-refractivity contribution in [2.75, 3.05) is 19.6 Å². The maximum Gasteiger partial charge on any atom is 0.191 e. The third kappa shape index (κ3) is 4.03. The number of fused-ring (bicyclic) bond motifs is 1. The first-order chi connectivity index (χ1) is 13.8. The summed E-state index contributed by atoms with van der Waals surface area (Å²) in [5.74, 6) is 0.897. The number of rotatable bonds is 7. The Hall–Kier alpha value is -2.82. The lowest BCUT2D eigenvalue weighted by Crippen LogP contribution is -2.42. The van der Waals surface area contributed by atoms with Crippen LogP contribution in [0.1, 0.15) is 37.4 Å². The van der Waals surface area contributed by atoms with E-state index in [1.54, 1.807) is 0 Å². The van der Waals surface area contributed by atoms with Gasteiger partial charge in [0, 0.05) is 37.3 Å². The number of benzene rings is 1. The Kier molecular flexibility index (Phi) is 5.60. The van der Waals surface area contributed by atoms with Crippen molar-refractivity contribution in [3.8, 4) is 0 Å². The number of hydrogen-bond acceptors (Lipinski definition) is 2. The van der Waals surface area contributed by atoms with Gasteiger partial charge in [-0.3, -0.25) is 4.99 Å². The third-order valence-corrected chi connectivity index (χ3v) is 5.67. The van der Waals surface area contributed by atoms with Gasteiger partial charge in [0.25, 0.3) is 0 Å². The molecule has 5 nitrogen and oxygen atoms in total. The van der Waals surface area contributed by atoms with Gasteiger partial charge in [0.2, 0.25) is 0 Å². The molecule has 1 fully saturated rings. The Balaban J connectivity index is 1.38. The SMILES string of the molecule is CCNC(=NCC1(c2ccccc2)CCC1)NCCc1cn2ccccc2n1. The number of imidazole rings is 1. The molecule has 146 valence electrons. The Morgan fingerprint density at radius 1 is 1.11 bits per heavy atom. The molecule has 0 amide bonds. The van der Waals surface area contributed by atoms with Crippen molar-refractivity contribution in [2.24, 2.45) is 4.99 Å². The summed E-state index contributed by atoms with van der Waals surface area (Å²) in [5, 5.41) is 6.86. The average molecular weight is 376 g/mol. The molecule has 2 aromatic heterocycles. The largest absolute Gasteiger partial charge is 0.357 e. The fourth-order valence-electron chi connectivity index (χ4n) is 3.92. The molecule has 3 aromatic rings. The summed E-state index contributed by atoms with van der Waals surface area (Å²) >= 11 is 0. The van der Waals surface area contributed by atoms with Gasteiger partial charge in [-0.1, -0.05) is 42.8 Å². The van der Waals surface area contributed by atoms with Crippen molar-refractivity contribution < 1.29 is 0 Å². The van der Waals surface area contributed by atoms with Gasteiger partial charge < -0.3 is 15.0 Å². The maximum absolute atomic E-state index is 4.93. The molecule has 0 unspecified atom stereocenters. The number of hydrogen-bond donors (Lipinski definition) is 2. The van der Waals surface area contributed by atoms with Crippen molar-refractivity contribution in [1.82, 2.24) is 20.0 Å². The van der Waals surface area contributed by atoms with Gasteiger partial charge in [-0.05, 0) is 37.5 Å². The van der Waals surface area contributed by atoms with E-state index in [-0.39, 0.29) is 5.41 Å². The fraction of sp³-hybridized carbons (Fsp3) is 0.391. The number of aliphatic imine (C=N–C) groups is 1. The fourth-order valence-corrected chi connectivity index (χ4v) is 3.92. The molecule has 1 aliphatic rings. The van der Waals surface area contributed by atoms with Gasteiger partial charge >= 0.3 is 0 Å². The zero-order valence-electron chi connectivity index (χ0n) is 16.6. The maximum atomic E-state index is 4.93. The minimum atomic E-state index is 0.214.